The highest BCUT2D eigenvalue weighted by Crippen LogP contribution is 2.39. The first kappa shape index (κ1) is 17.6. The first-order valence-corrected chi connectivity index (χ1v) is 11.8. The Balaban J connectivity index is 1.52. The minimum Gasteiger partial charge on any atom is -0.354 e. The molecule has 5 heterocycles. The highest BCUT2D eigenvalue weighted by atomic mass is 15.1. The molecule has 9 rings (SSSR count). The van der Waals surface area contributed by atoms with Crippen molar-refractivity contribution in [3.8, 4) is 0 Å². The molecular weight excluding hydrogens is 430 g/mol. The molecule has 0 unspecified atom stereocenters. The molecule has 35 heavy (non-hydrogen) atoms. The summed E-state index contributed by atoms with van der Waals surface area (Å²) in [5.41, 5.74) is 8.49. The molecule has 0 saturated heterocycles. The number of rotatable bonds is 0. The van der Waals surface area contributed by atoms with Gasteiger partial charge in [-0.2, -0.15) is 0 Å². The van der Waals surface area contributed by atoms with Crippen molar-refractivity contribution in [1.82, 2.24) is 24.3 Å². The summed E-state index contributed by atoms with van der Waals surface area (Å²) in [5, 5.41) is 8.30. The molecule has 0 amide bonds. The fourth-order valence-corrected chi connectivity index (χ4v) is 5.97. The lowest BCUT2D eigenvalue weighted by Crippen LogP contribution is -1.94. The quantitative estimate of drug-likeness (QED) is 0.237. The number of aromatic nitrogens is 5. The van der Waals surface area contributed by atoms with Crippen LogP contribution in [0.15, 0.2) is 91.1 Å². The smallest absolute Gasteiger partial charge is 0.147 e. The Morgan fingerprint density at radius 2 is 1.31 bits per heavy atom. The molecule has 0 radical (unpaired) electrons. The molecular formula is C30H17N5. The summed E-state index contributed by atoms with van der Waals surface area (Å²) in [7, 11) is 0. The van der Waals surface area contributed by atoms with Gasteiger partial charge >= 0.3 is 0 Å². The van der Waals surface area contributed by atoms with Crippen molar-refractivity contribution in [2.75, 3.05) is 0 Å². The molecule has 0 bridgehead atoms. The van der Waals surface area contributed by atoms with Gasteiger partial charge in [-0.1, -0.05) is 36.4 Å². The number of hydrogen-bond donors (Lipinski definition) is 2. The fourth-order valence-electron chi connectivity index (χ4n) is 5.97. The zero-order valence-electron chi connectivity index (χ0n) is 18.5. The monoisotopic (exact) mass is 447 g/mol. The van der Waals surface area contributed by atoms with E-state index in [1.54, 1.807) is 0 Å². The van der Waals surface area contributed by atoms with Crippen molar-refractivity contribution >= 4 is 82.1 Å². The average molecular weight is 448 g/mol. The summed E-state index contributed by atoms with van der Waals surface area (Å²) in [6.45, 7) is 0. The average Bonchev–Trinajstić information content (AvgIpc) is 3.58. The van der Waals surface area contributed by atoms with Crippen LogP contribution in [0.4, 0.5) is 0 Å². The van der Waals surface area contributed by atoms with Gasteiger partial charge in [0.05, 0.1) is 16.6 Å². The van der Waals surface area contributed by atoms with E-state index in [4.69, 9.17) is 9.97 Å². The van der Waals surface area contributed by atoms with Gasteiger partial charge in [0.2, 0.25) is 0 Å². The van der Waals surface area contributed by atoms with E-state index in [0.29, 0.717) is 0 Å². The third kappa shape index (κ3) is 2.09. The normalized spacial score (nSPS) is 12.6. The third-order valence-electron chi connectivity index (χ3n) is 7.47. The van der Waals surface area contributed by atoms with Gasteiger partial charge in [-0.05, 0) is 48.5 Å². The molecule has 2 N–H and O–H groups in total. The number of nitrogens with one attached hydrogen (secondary N) is 2. The highest BCUT2D eigenvalue weighted by Gasteiger charge is 2.18. The molecule has 0 aliphatic carbocycles. The van der Waals surface area contributed by atoms with Crippen LogP contribution in [0.3, 0.4) is 0 Å². The molecule has 4 aromatic carbocycles. The first-order valence-electron chi connectivity index (χ1n) is 11.8. The van der Waals surface area contributed by atoms with Gasteiger partial charge in [0.25, 0.3) is 0 Å². The number of fused-ring (bicyclic) bond motifs is 15. The molecule has 0 spiro atoms. The number of para-hydroxylation sites is 3. The van der Waals surface area contributed by atoms with E-state index < -0.39 is 0 Å². The molecule has 5 aromatic heterocycles. The van der Waals surface area contributed by atoms with Gasteiger partial charge in [-0.15, -0.1) is 0 Å². The molecule has 5 heteroatoms. The minimum absolute atomic E-state index is 0.924. The van der Waals surface area contributed by atoms with Gasteiger partial charge in [-0.25, -0.2) is 9.97 Å². The highest BCUT2D eigenvalue weighted by molar-refractivity contribution is 6.28. The summed E-state index contributed by atoms with van der Waals surface area (Å²) in [6.07, 6.45) is 1.86. The van der Waals surface area contributed by atoms with E-state index in [2.05, 4.69) is 87.2 Å². The van der Waals surface area contributed by atoms with E-state index >= 15 is 0 Å². The maximum Gasteiger partial charge on any atom is 0.147 e. The van der Waals surface area contributed by atoms with Crippen LogP contribution >= 0.6 is 0 Å². The van der Waals surface area contributed by atoms with Gasteiger partial charge in [0, 0.05) is 60.5 Å². The Morgan fingerprint density at radius 1 is 0.571 bits per heavy atom. The number of H-pyrrole nitrogens is 2. The molecule has 0 aliphatic rings. The van der Waals surface area contributed by atoms with Crippen molar-refractivity contribution < 1.29 is 0 Å². The van der Waals surface area contributed by atoms with Crippen LogP contribution in [0, 0.1) is 0 Å². The number of benzene rings is 4. The summed E-state index contributed by atoms with van der Waals surface area (Å²) in [5.74, 6) is 0. The lowest BCUT2D eigenvalue weighted by molar-refractivity contribution is 1.23. The van der Waals surface area contributed by atoms with Crippen LogP contribution in [0.2, 0.25) is 0 Å². The number of pyridine rings is 2. The summed E-state index contributed by atoms with van der Waals surface area (Å²) in [6, 6.07) is 29.9. The standard InChI is InChI=1S/C30H17N5/c1-2-8-22-16(6-1)20-14-25-21(15-24(20)32-22)17-11-12-19-27(28(17)33-25)18-7-5-13-31-29(18)35-26-10-4-3-9-23(26)34-30(19)35/h1-15,32-33H. The molecule has 9 aromatic rings. The van der Waals surface area contributed by atoms with Crippen LogP contribution in [-0.4, -0.2) is 24.3 Å². The number of aromatic amines is 2. The van der Waals surface area contributed by atoms with Crippen molar-refractivity contribution in [1.29, 1.82) is 0 Å². The van der Waals surface area contributed by atoms with Crippen LogP contribution in [-0.2, 0) is 0 Å². The summed E-state index contributed by atoms with van der Waals surface area (Å²) < 4.78 is 2.19. The molecule has 0 saturated carbocycles. The van der Waals surface area contributed by atoms with Crippen LogP contribution in [0.1, 0.15) is 0 Å². The SMILES string of the molecule is c1ccc2c(c1)nc1c3ccc4c5cc6[nH]c7ccccc7c6cc5[nH]c4c3c3cccnc3n21. The van der Waals surface area contributed by atoms with E-state index in [0.717, 1.165) is 60.6 Å². The second kappa shape index (κ2) is 5.96. The van der Waals surface area contributed by atoms with E-state index in [1.165, 1.54) is 21.5 Å². The third-order valence-corrected chi connectivity index (χ3v) is 7.47. The maximum atomic E-state index is 5.03. The second-order valence-corrected chi connectivity index (χ2v) is 9.28. The molecule has 5 nitrogen and oxygen atoms in total. The summed E-state index contributed by atoms with van der Waals surface area (Å²) in [4.78, 5) is 17.2. The van der Waals surface area contributed by atoms with E-state index in [9.17, 15) is 0 Å². The van der Waals surface area contributed by atoms with Gasteiger partial charge in [0.15, 0.2) is 0 Å². The lowest BCUT2D eigenvalue weighted by Gasteiger charge is -2.09. The second-order valence-electron chi connectivity index (χ2n) is 9.28. The molecule has 0 fully saturated rings. The molecule has 162 valence electrons. The molecule has 0 aliphatic heterocycles. The molecule has 0 atom stereocenters. The van der Waals surface area contributed by atoms with E-state index in [1.807, 2.05) is 18.3 Å². The largest absolute Gasteiger partial charge is 0.354 e. The Kier molecular flexibility index (Phi) is 2.99. The number of imidazole rings is 1. The zero-order valence-corrected chi connectivity index (χ0v) is 18.5. The summed E-state index contributed by atoms with van der Waals surface area (Å²) >= 11 is 0. The topological polar surface area (TPSA) is 61.8 Å². The van der Waals surface area contributed by atoms with Crippen molar-refractivity contribution in [2.24, 2.45) is 0 Å². The van der Waals surface area contributed by atoms with Crippen LogP contribution in [0.5, 0.6) is 0 Å². The zero-order chi connectivity index (χ0) is 22.7. The van der Waals surface area contributed by atoms with Crippen molar-refractivity contribution in [2.45, 2.75) is 0 Å². The number of nitrogens with zero attached hydrogens (tertiary/aromatic N) is 3. The Bertz CT molecular complexity index is 2330. The first-order chi connectivity index (χ1) is 17.3. The van der Waals surface area contributed by atoms with Gasteiger partial charge in [0.1, 0.15) is 11.3 Å². The maximum absolute atomic E-state index is 5.03. The van der Waals surface area contributed by atoms with Crippen LogP contribution < -0.4 is 0 Å². The van der Waals surface area contributed by atoms with Crippen molar-refractivity contribution in [3.05, 3.63) is 91.1 Å². The predicted molar refractivity (Wildman–Crippen MR) is 144 cm³/mol. The van der Waals surface area contributed by atoms with Crippen molar-refractivity contribution in [3.63, 3.8) is 0 Å². The fraction of sp³-hybridized carbons (Fsp3) is 0. The predicted octanol–water partition coefficient (Wildman–Crippen LogP) is 7.46. The lowest BCUT2D eigenvalue weighted by atomic mass is 10.0. The Hall–Kier alpha value is -4.90. The number of hydrogen-bond acceptors (Lipinski definition) is 2. The Labute approximate surface area is 197 Å². The minimum atomic E-state index is 0.924. The Morgan fingerprint density at radius 3 is 2.29 bits per heavy atom. The van der Waals surface area contributed by atoms with Crippen LogP contribution in [0.25, 0.3) is 82.1 Å². The van der Waals surface area contributed by atoms with E-state index in [-0.39, 0.29) is 0 Å². The van der Waals surface area contributed by atoms with Gasteiger partial charge in [-0.3, -0.25) is 4.40 Å². The van der Waals surface area contributed by atoms with Gasteiger partial charge < -0.3 is 9.97 Å².